The van der Waals surface area contributed by atoms with Gasteiger partial charge in [-0.05, 0) is 91.6 Å². The van der Waals surface area contributed by atoms with Crippen molar-refractivity contribution in [2.45, 2.75) is 89.4 Å². The second-order valence-electron chi connectivity index (χ2n) is 9.84. The van der Waals surface area contributed by atoms with E-state index in [1.165, 1.54) is 83.5 Å². The molecule has 0 N–H and O–H groups in total. The van der Waals surface area contributed by atoms with E-state index in [4.69, 9.17) is 0 Å². The Balaban J connectivity index is 1.36. The van der Waals surface area contributed by atoms with Crippen LogP contribution in [-0.4, -0.2) is 0 Å². The summed E-state index contributed by atoms with van der Waals surface area (Å²) in [5.41, 5.74) is 3.52. The van der Waals surface area contributed by atoms with Gasteiger partial charge in [-0.15, -0.1) is 0 Å². The average molecular weight is 337 g/mol. The van der Waals surface area contributed by atoms with Gasteiger partial charge in [-0.25, -0.2) is 0 Å². The number of hydrogen-bond acceptors (Lipinski definition) is 0. The highest BCUT2D eigenvalue weighted by Gasteiger charge is 2.40. The van der Waals surface area contributed by atoms with Crippen molar-refractivity contribution in [2.24, 2.45) is 29.6 Å². The normalized spacial score (nSPS) is 40.6. The summed E-state index contributed by atoms with van der Waals surface area (Å²) in [6, 6.07) is 9.67. The smallest absolute Gasteiger partial charge is 0.0128 e. The third kappa shape index (κ3) is 3.08. The maximum Gasteiger partial charge on any atom is -0.0128 e. The third-order valence-electron chi connectivity index (χ3n) is 8.75. The topological polar surface area (TPSA) is 0 Å². The molecule has 0 spiro atoms. The molecule has 0 heterocycles. The van der Waals surface area contributed by atoms with Crippen molar-refractivity contribution in [1.29, 1.82) is 0 Å². The van der Waals surface area contributed by atoms with Crippen molar-refractivity contribution in [3.63, 3.8) is 0 Å². The first kappa shape index (κ1) is 16.4. The Hall–Kier alpha value is -0.780. The molecule has 0 bridgehead atoms. The molecule has 25 heavy (non-hydrogen) atoms. The molecule has 4 aliphatic carbocycles. The summed E-state index contributed by atoms with van der Waals surface area (Å²) in [7, 11) is 0. The van der Waals surface area contributed by atoms with E-state index in [1.54, 1.807) is 11.1 Å². The van der Waals surface area contributed by atoms with Crippen LogP contribution in [0.5, 0.6) is 0 Å². The standard InChI is InChI=1S/C25H36/c1-4-10-22-18(7-1)13-14-21(22)17-20-9-3-6-12-24(20)25-16-15-19-8-2-5-11-23(19)25/h3,6,9,12,18-19,21-23,25H,1-2,4-5,7-8,10-11,13-17H2/t18?,19?,21-,22?,23?,25+/m1/s1. The molecule has 4 unspecified atom stereocenters. The van der Waals surface area contributed by atoms with Crippen LogP contribution in [0.2, 0.25) is 0 Å². The van der Waals surface area contributed by atoms with E-state index in [2.05, 4.69) is 24.3 Å². The molecule has 4 fully saturated rings. The summed E-state index contributed by atoms with van der Waals surface area (Å²) < 4.78 is 0. The Morgan fingerprint density at radius 2 is 1.32 bits per heavy atom. The summed E-state index contributed by atoms with van der Waals surface area (Å²) >= 11 is 0. The van der Waals surface area contributed by atoms with E-state index in [0.717, 1.165) is 35.5 Å². The molecule has 4 aliphatic rings. The van der Waals surface area contributed by atoms with Gasteiger partial charge in [0.15, 0.2) is 0 Å². The van der Waals surface area contributed by atoms with Crippen molar-refractivity contribution in [3.8, 4) is 0 Å². The molecule has 0 heteroatoms. The zero-order chi connectivity index (χ0) is 16.6. The fraction of sp³-hybridized carbons (Fsp3) is 0.760. The number of rotatable bonds is 3. The van der Waals surface area contributed by atoms with Gasteiger partial charge < -0.3 is 0 Å². The van der Waals surface area contributed by atoms with Crippen LogP contribution < -0.4 is 0 Å². The van der Waals surface area contributed by atoms with Crippen molar-refractivity contribution < 1.29 is 0 Å². The second-order valence-corrected chi connectivity index (χ2v) is 9.84. The number of benzene rings is 1. The largest absolute Gasteiger partial charge is 0.0620 e. The zero-order valence-corrected chi connectivity index (χ0v) is 16.0. The monoisotopic (exact) mass is 336 g/mol. The molecule has 136 valence electrons. The molecule has 1 aromatic carbocycles. The summed E-state index contributed by atoms with van der Waals surface area (Å²) in [6.45, 7) is 0. The second kappa shape index (κ2) is 7.09. The van der Waals surface area contributed by atoms with Crippen molar-refractivity contribution in [2.75, 3.05) is 0 Å². The predicted molar refractivity (Wildman–Crippen MR) is 106 cm³/mol. The lowest BCUT2D eigenvalue weighted by atomic mass is 9.73. The van der Waals surface area contributed by atoms with E-state index in [-0.39, 0.29) is 0 Å². The Morgan fingerprint density at radius 3 is 2.20 bits per heavy atom. The fourth-order valence-corrected chi connectivity index (χ4v) is 7.59. The first-order valence-electron chi connectivity index (χ1n) is 11.5. The molecule has 0 amide bonds. The minimum atomic E-state index is 0.894. The highest BCUT2D eigenvalue weighted by atomic mass is 14.5. The molecular formula is C25H36. The molecule has 0 nitrogen and oxygen atoms in total. The lowest BCUT2D eigenvalue weighted by Gasteiger charge is -2.32. The summed E-state index contributed by atoms with van der Waals surface area (Å²) in [5, 5.41) is 0. The Bertz CT molecular complexity index is 587. The summed E-state index contributed by atoms with van der Waals surface area (Å²) in [5.74, 6) is 6.11. The van der Waals surface area contributed by atoms with Gasteiger partial charge in [-0.2, -0.15) is 0 Å². The van der Waals surface area contributed by atoms with Crippen LogP contribution in [0.3, 0.4) is 0 Å². The molecular weight excluding hydrogens is 300 g/mol. The summed E-state index contributed by atoms with van der Waals surface area (Å²) in [4.78, 5) is 0. The highest BCUT2D eigenvalue weighted by molar-refractivity contribution is 5.33. The number of fused-ring (bicyclic) bond motifs is 2. The van der Waals surface area contributed by atoms with Gasteiger partial charge in [-0.1, -0.05) is 62.8 Å². The maximum absolute atomic E-state index is 2.52. The van der Waals surface area contributed by atoms with E-state index in [9.17, 15) is 0 Å². The van der Waals surface area contributed by atoms with E-state index < -0.39 is 0 Å². The molecule has 5 rings (SSSR count). The molecule has 0 aliphatic heterocycles. The third-order valence-corrected chi connectivity index (χ3v) is 8.75. The molecule has 0 saturated heterocycles. The van der Waals surface area contributed by atoms with Gasteiger partial charge in [0.05, 0.1) is 0 Å². The van der Waals surface area contributed by atoms with Gasteiger partial charge in [-0.3, -0.25) is 0 Å². The Labute approximate surface area is 154 Å². The van der Waals surface area contributed by atoms with Gasteiger partial charge in [0.2, 0.25) is 0 Å². The maximum atomic E-state index is 2.52. The van der Waals surface area contributed by atoms with Gasteiger partial charge >= 0.3 is 0 Å². The lowest BCUT2D eigenvalue weighted by molar-refractivity contribution is 0.226. The first-order chi connectivity index (χ1) is 12.4. The van der Waals surface area contributed by atoms with Gasteiger partial charge in [0.25, 0.3) is 0 Å². The van der Waals surface area contributed by atoms with E-state index in [0.29, 0.717) is 0 Å². The average Bonchev–Trinajstić information content (AvgIpc) is 3.27. The van der Waals surface area contributed by atoms with Crippen LogP contribution in [0.25, 0.3) is 0 Å². The van der Waals surface area contributed by atoms with Crippen molar-refractivity contribution >= 4 is 0 Å². The molecule has 6 atom stereocenters. The molecule has 0 aromatic heterocycles. The molecule has 0 radical (unpaired) electrons. The van der Waals surface area contributed by atoms with Gasteiger partial charge in [0, 0.05) is 0 Å². The molecule has 4 saturated carbocycles. The van der Waals surface area contributed by atoms with Gasteiger partial charge in [0.1, 0.15) is 0 Å². The van der Waals surface area contributed by atoms with Crippen LogP contribution in [0.15, 0.2) is 24.3 Å². The minimum Gasteiger partial charge on any atom is -0.0620 e. The highest BCUT2D eigenvalue weighted by Crippen LogP contribution is 2.52. The Morgan fingerprint density at radius 1 is 0.640 bits per heavy atom. The summed E-state index contributed by atoms with van der Waals surface area (Å²) in [6.07, 6.45) is 19.5. The minimum absolute atomic E-state index is 0.894. The van der Waals surface area contributed by atoms with Crippen molar-refractivity contribution in [3.05, 3.63) is 35.4 Å². The van der Waals surface area contributed by atoms with E-state index in [1.807, 2.05) is 0 Å². The number of hydrogen-bond donors (Lipinski definition) is 0. The predicted octanol–water partition coefficient (Wildman–Crippen LogP) is 7.13. The zero-order valence-electron chi connectivity index (χ0n) is 16.0. The quantitative estimate of drug-likeness (QED) is 0.550. The van der Waals surface area contributed by atoms with Crippen LogP contribution >= 0.6 is 0 Å². The van der Waals surface area contributed by atoms with Crippen molar-refractivity contribution in [1.82, 2.24) is 0 Å². The SMILES string of the molecule is c1ccc([C@H]2CCC3CCCCC32)c(C[C@H]2CCC3CCCCC32)c1. The lowest BCUT2D eigenvalue weighted by Crippen LogP contribution is -2.22. The van der Waals surface area contributed by atoms with Crippen LogP contribution in [0.4, 0.5) is 0 Å². The van der Waals surface area contributed by atoms with Crippen LogP contribution in [0.1, 0.15) is 94.1 Å². The first-order valence-corrected chi connectivity index (χ1v) is 11.5. The molecule has 1 aromatic rings. The van der Waals surface area contributed by atoms with Crippen LogP contribution in [-0.2, 0) is 6.42 Å². The Kier molecular flexibility index (Phi) is 4.65. The van der Waals surface area contributed by atoms with E-state index >= 15 is 0 Å². The fourth-order valence-electron chi connectivity index (χ4n) is 7.59. The van der Waals surface area contributed by atoms with Crippen LogP contribution in [0, 0.1) is 29.6 Å².